The molecule has 0 aliphatic carbocycles. The molecule has 0 spiro atoms. The van der Waals surface area contributed by atoms with Crippen molar-refractivity contribution in [2.45, 2.75) is 0 Å². The van der Waals surface area contributed by atoms with Gasteiger partial charge in [0.15, 0.2) is 0 Å². The van der Waals surface area contributed by atoms with E-state index in [1.807, 2.05) is 84.9 Å². The number of nitrogens with zero attached hydrogens (tertiary/aromatic N) is 1. The van der Waals surface area contributed by atoms with Gasteiger partial charge in [-0.05, 0) is 24.3 Å². The van der Waals surface area contributed by atoms with Crippen molar-refractivity contribution < 1.29 is 4.79 Å². The molecule has 0 fully saturated rings. The number of halogens is 1. The van der Waals surface area contributed by atoms with Crippen LogP contribution in [0, 0.1) is 0 Å². The predicted octanol–water partition coefficient (Wildman–Crippen LogP) is 5.45. The van der Waals surface area contributed by atoms with Crippen molar-refractivity contribution in [2.75, 3.05) is 0 Å². The molecule has 0 aliphatic rings. The molecule has 0 heterocycles. The Balaban J connectivity index is 2.07. The van der Waals surface area contributed by atoms with Gasteiger partial charge in [0.1, 0.15) is 5.71 Å². The summed E-state index contributed by atoms with van der Waals surface area (Å²) in [5, 5.41) is 0. The number of benzene rings is 3. The number of carbonyl (C=O) groups excluding carboxylic acids is 1. The maximum atomic E-state index is 12.9. The van der Waals surface area contributed by atoms with E-state index in [1.54, 1.807) is 0 Å². The van der Waals surface area contributed by atoms with Gasteiger partial charge in [-0.2, -0.15) is 0 Å². The summed E-state index contributed by atoms with van der Waals surface area (Å²) in [5.74, 6) is -0.0836. The zero-order chi connectivity index (χ0) is 16.1. The fourth-order valence-corrected chi connectivity index (χ4v) is 2.48. The summed E-state index contributed by atoms with van der Waals surface area (Å²) in [6.45, 7) is 0. The van der Waals surface area contributed by atoms with E-state index >= 15 is 0 Å². The Morgan fingerprint density at radius 1 is 0.696 bits per heavy atom. The van der Waals surface area contributed by atoms with Gasteiger partial charge in [-0.1, -0.05) is 76.6 Å². The Labute approximate surface area is 143 Å². The molecule has 0 amide bonds. The van der Waals surface area contributed by atoms with Crippen molar-refractivity contribution in [3.63, 3.8) is 0 Å². The highest BCUT2D eigenvalue weighted by atomic mass is 79.9. The lowest BCUT2D eigenvalue weighted by atomic mass is 10.0. The van der Waals surface area contributed by atoms with Crippen LogP contribution in [0.5, 0.6) is 0 Å². The Bertz CT molecular complexity index is 825. The van der Waals surface area contributed by atoms with Crippen molar-refractivity contribution in [1.29, 1.82) is 0 Å². The Morgan fingerprint density at radius 2 is 1.22 bits per heavy atom. The van der Waals surface area contributed by atoms with Crippen LogP contribution in [0.4, 0.5) is 5.69 Å². The fraction of sp³-hybridized carbons (Fsp3) is 0. The second-order valence-electron chi connectivity index (χ2n) is 5.00. The molecule has 0 bridgehead atoms. The van der Waals surface area contributed by atoms with Crippen LogP contribution in [-0.2, 0) is 0 Å². The molecule has 0 N–H and O–H groups in total. The molecule has 3 rings (SSSR count). The molecule has 0 saturated heterocycles. The second-order valence-corrected chi connectivity index (χ2v) is 5.91. The summed E-state index contributed by atoms with van der Waals surface area (Å²) in [6.07, 6.45) is 0. The molecule has 112 valence electrons. The third-order valence-electron chi connectivity index (χ3n) is 3.37. The molecule has 0 aliphatic heterocycles. The average molecular weight is 364 g/mol. The van der Waals surface area contributed by atoms with Gasteiger partial charge in [-0.15, -0.1) is 0 Å². The van der Waals surface area contributed by atoms with Crippen LogP contribution in [-0.4, -0.2) is 11.5 Å². The van der Waals surface area contributed by atoms with Gasteiger partial charge >= 0.3 is 0 Å². The SMILES string of the molecule is O=C(C(=Nc1ccc(Br)cc1)c1ccccc1)c1ccccc1. The Kier molecular flexibility index (Phi) is 4.79. The van der Waals surface area contributed by atoms with E-state index in [0.717, 1.165) is 15.7 Å². The van der Waals surface area contributed by atoms with E-state index in [2.05, 4.69) is 20.9 Å². The molecule has 0 saturated carbocycles. The standard InChI is InChI=1S/C20H14BrNO/c21-17-11-13-18(14-12-17)22-19(15-7-3-1-4-8-15)20(23)16-9-5-2-6-10-16/h1-14H. The summed E-state index contributed by atoms with van der Waals surface area (Å²) in [5.41, 5.74) is 2.63. The number of ketones is 1. The van der Waals surface area contributed by atoms with E-state index in [0.29, 0.717) is 11.3 Å². The number of aliphatic imine (C=N–C) groups is 1. The van der Waals surface area contributed by atoms with Gasteiger partial charge in [0.2, 0.25) is 5.78 Å². The molecular formula is C20H14BrNO. The smallest absolute Gasteiger partial charge is 0.211 e. The first kappa shape index (κ1) is 15.4. The van der Waals surface area contributed by atoms with Crippen LogP contribution in [0.1, 0.15) is 15.9 Å². The molecule has 0 radical (unpaired) electrons. The average Bonchev–Trinajstić information content (AvgIpc) is 2.62. The van der Waals surface area contributed by atoms with Crippen molar-refractivity contribution >= 4 is 33.1 Å². The number of rotatable bonds is 4. The Hall–Kier alpha value is -2.52. The van der Waals surface area contributed by atoms with Gasteiger partial charge in [0, 0.05) is 15.6 Å². The highest BCUT2D eigenvalue weighted by Crippen LogP contribution is 2.19. The lowest BCUT2D eigenvalue weighted by Crippen LogP contribution is -2.15. The van der Waals surface area contributed by atoms with Gasteiger partial charge in [-0.3, -0.25) is 4.79 Å². The van der Waals surface area contributed by atoms with E-state index in [9.17, 15) is 4.79 Å². The maximum absolute atomic E-state index is 12.9. The first-order valence-corrected chi connectivity index (χ1v) is 8.03. The lowest BCUT2D eigenvalue weighted by molar-refractivity contribution is 0.106. The first-order valence-electron chi connectivity index (χ1n) is 7.23. The minimum Gasteiger partial charge on any atom is -0.287 e. The highest BCUT2D eigenvalue weighted by Gasteiger charge is 2.16. The normalized spacial score (nSPS) is 11.3. The summed E-state index contributed by atoms with van der Waals surface area (Å²) in [4.78, 5) is 17.5. The molecular weight excluding hydrogens is 350 g/mol. The first-order chi connectivity index (χ1) is 11.2. The van der Waals surface area contributed by atoms with Crippen molar-refractivity contribution in [3.8, 4) is 0 Å². The third-order valence-corrected chi connectivity index (χ3v) is 3.89. The topological polar surface area (TPSA) is 29.4 Å². The molecule has 23 heavy (non-hydrogen) atoms. The predicted molar refractivity (Wildman–Crippen MR) is 97.6 cm³/mol. The Morgan fingerprint density at radius 3 is 1.78 bits per heavy atom. The van der Waals surface area contributed by atoms with Crippen LogP contribution in [0.15, 0.2) is 94.4 Å². The number of Topliss-reactive ketones (excluding diaryl/α,β-unsaturated/α-hetero) is 1. The molecule has 3 heteroatoms. The van der Waals surface area contributed by atoms with Gasteiger partial charge in [0.05, 0.1) is 5.69 Å². The summed E-state index contributed by atoms with van der Waals surface area (Å²) >= 11 is 3.41. The van der Waals surface area contributed by atoms with Crippen LogP contribution >= 0.6 is 15.9 Å². The third kappa shape index (κ3) is 3.82. The van der Waals surface area contributed by atoms with Crippen LogP contribution in [0.3, 0.4) is 0 Å². The van der Waals surface area contributed by atoms with E-state index in [-0.39, 0.29) is 5.78 Å². The fourth-order valence-electron chi connectivity index (χ4n) is 2.21. The van der Waals surface area contributed by atoms with Gasteiger partial charge < -0.3 is 0 Å². The number of hydrogen-bond donors (Lipinski definition) is 0. The van der Waals surface area contributed by atoms with Crippen LogP contribution in [0.2, 0.25) is 0 Å². The molecule has 3 aromatic carbocycles. The highest BCUT2D eigenvalue weighted by molar-refractivity contribution is 9.10. The molecule has 0 atom stereocenters. The van der Waals surface area contributed by atoms with Crippen molar-refractivity contribution in [1.82, 2.24) is 0 Å². The molecule has 3 aromatic rings. The van der Waals surface area contributed by atoms with E-state index in [1.165, 1.54) is 0 Å². The molecule has 0 aromatic heterocycles. The quantitative estimate of drug-likeness (QED) is 0.447. The summed E-state index contributed by atoms with van der Waals surface area (Å²) in [7, 11) is 0. The monoisotopic (exact) mass is 363 g/mol. The number of carbonyl (C=O) groups is 1. The minimum absolute atomic E-state index is 0.0836. The van der Waals surface area contributed by atoms with E-state index < -0.39 is 0 Å². The molecule has 2 nitrogen and oxygen atoms in total. The molecule has 0 unspecified atom stereocenters. The zero-order valence-corrected chi connectivity index (χ0v) is 13.9. The van der Waals surface area contributed by atoms with Gasteiger partial charge in [0.25, 0.3) is 0 Å². The minimum atomic E-state index is -0.0836. The largest absolute Gasteiger partial charge is 0.287 e. The number of hydrogen-bond acceptors (Lipinski definition) is 2. The van der Waals surface area contributed by atoms with Crippen LogP contribution in [0.25, 0.3) is 0 Å². The zero-order valence-electron chi connectivity index (χ0n) is 12.3. The van der Waals surface area contributed by atoms with E-state index in [4.69, 9.17) is 0 Å². The van der Waals surface area contributed by atoms with Crippen molar-refractivity contribution in [3.05, 3.63) is 101 Å². The second kappa shape index (κ2) is 7.16. The lowest BCUT2D eigenvalue weighted by Gasteiger charge is -2.07. The maximum Gasteiger partial charge on any atom is 0.211 e. The summed E-state index contributed by atoms with van der Waals surface area (Å²) in [6, 6.07) is 26.3. The van der Waals surface area contributed by atoms with Gasteiger partial charge in [-0.25, -0.2) is 4.99 Å². The van der Waals surface area contributed by atoms with Crippen molar-refractivity contribution in [2.24, 2.45) is 4.99 Å². The summed E-state index contributed by atoms with van der Waals surface area (Å²) < 4.78 is 0.979. The van der Waals surface area contributed by atoms with Crippen LogP contribution < -0.4 is 0 Å².